The molecule has 1 aromatic carbocycles. The molecule has 0 heterocycles. The van der Waals surface area contributed by atoms with Crippen LogP contribution in [0.1, 0.15) is 47.9 Å². The van der Waals surface area contributed by atoms with Crippen molar-refractivity contribution < 1.29 is 9.59 Å². The molecule has 0 N–H and O–H groups in total. The van der Waals surface area contributed by atoms with Gasteiger partial charge in [0.05, 0.1) is 5.92 Å². The Hall–Kier alpha value is -1.70. The summed E-state index contributed by atoms with van der Waals surface area (Å²) in [6.45, 7) is 6.53. The lowest BCUT2D eigenvalue weighted by Crippen LogP contribution is -2.38. The second-order valence-corrected chi connectivity index (χ2v) is 6.83. The first-order valence-corrected chi connectivity index (χ1v) is 7.86. The summed E-state index contributed by atoms with van der Waals surface area (Å²) < 4.78 is 0. The highest BCUT2D eigenvalue weighted by molar-refractivity contribution is 6.16. The zero-order valence-electron chi connectivity index (χ0n) is 12.9. The number of Topliss-reactive ketones (excluding diaryl/α,β-unsaturated/α-hetero) is 2. The van der Waals surface area contributed by atoms with Gasteiger partial charge in [0.2, 0.25) is 0 Å². The number of carbonyl (C=O) groups is 2. The third-order valence-corrected chi connectivity index (χ3v) is 5.13. The molecule has 2 aliphatic carbocycles. The Morgan fingerprint density at radius 2 is 1.62 bits per heavy atom. The summed E-state index contributed by atoms with van der Waals surface area (Å²) >= 11 is 0. The van der Waals surface area contributed by atoms with E-state index in [-0.39, 0.29) is 29.3 Å². The maximum atomic E-state index is 12.9. The zero-order valence-corrected chi connectivity index (χ0v) is 12.9. The largest absolute Gasteiger partial charge is 0.294 e. The summed E-state index contributed by atoms with van der Waals surface area (Å²) in [4.78, 5) is 25.6. The number of carbonyl (C=O) groups excluding carboxylic acids is 2. The zero-order chi connectivity index (χ0) is 15.1. The van der Waals surface area contributed by atoms with Gasteiger partial charge in [0, 0.05) is 17.0 Å². The minimum absolute atomic E-state index is 0.114. The Bertz CT molecular complexity index is 612. The van der Waals surface area contributed by atoms with Gasteiger partial charge in [-0.05, 0) is 24.2 Å². The minimum atomic E-state index is -0.272. The van der Waals surface area contributed by atoms with Crippen LogP contribution in [-0.4, -0.2) is 11.6 Å². The van der Waals surface area contributed by atoms with Crippen molar-refractivity contribution in [2.24, 2.45) is 29.6 Å². The molecule has 4 unspecified atom stereocenters. The number of allylic oxidation sites excluding steroid dienone is 2. The normalized spacial score (nSPS) is 31.8. The summed E-state index contributed by atoms with van der Waals surface area (Å²) in [5.41, 5.74) is 1.22. The van der Waals surface area contributed by atoms with Gasteiger partial charge in [-0.3, -0.25) is 9.59 Å². The lowest BCUT2D eigenvalue weighted by atomic mass is 9.68. The molecule has 3 rings (SSSR count). The molecule has 0 bridgehead atoms. The third-order valence-electron chi connectivity index (χ3n) is 5.13. The van der Waals surface area contributed by atoms with E-state index < -0.39 is 0 Å². The van der Waals surface area contributed by atoms with Gasteiger partial charge in [-0.1, -0.05) is 57.2 Å². The average Bonchev–Trinajstić information content (AvgIpc) is 2.64. The molecule has 110 valence electrons. The SMILES string of the molecule is CC(C)C1C=CC2C(=O)c3ccccc3C(=O)C2C(C)C1. The molecule has 0 amide bonds. The molecular weight excluding hydrogens is 260 g/mol. The van der Waals surface area contributed by atoms with Crippen LogP contribution in [0.4, 0.5) is 0 Å². The molecular formula is C19H22O2. The Morgan fingerprint density at radius 1 is 1.00 bits per heavy atom. The molecule has 0 fully saturated rings. The fourth-order valence-corrected chi connectivity index (χ4v) is 3.83. The van der Waals surface area contributed by atoms with Gasteiger partial charge in [0.15, 0.2) is 11.6 Å². The van der Waals surface area contributed by atoms with Gasteiger partial charge in [-0.15, -0.1) is 0 Å². The van der Waals surface area contributed by atoms with E-state index in [9.17, 15) is 9.59 Å². The van der Waals surface area contributed by atoms with E-state index >= 15 is 0 Å². The Balaban J connectivity index is 2.06. The first kappa shape index (κ1) is 14.2. The molecule has 21 heavy (non-hydrogen) atoms. The fraction of sp³-hybridized carbons (Fsp3) is 0.474. The summed E-state index contributed by atoms with van der Waals surface area (Å²) in [7, 11) is 0. The fourth-order valence-electron chi connectivity index (χ4n) is 3.83. The highest BCUT2D eigenvalue weighted by Gasteiger charge is 2.44. The highest BCUT2D eigenvalue weighted by Crippen LogP contribution is 2.41. The average molecular weight is 282 g/mol. The van der Waals surface area contributed by atoms with Crippen molar-refractivity contribution in [2.75, 3.05) is 0 Å². The third kappa shape index (κ3) is 2.27. The van der Waals surface area contributed by atoms with E-state index in [1.807, 2.05) is 18.2 Å². The molecule has 0 saturated heterocycles. The number of ketones is 2. The first-order valence-electron chi connectivity index (χ1n) is 7.86. The van der Waals surface area contributed by atoms with Crippen LogP contribution in [0.3, 0.4) is 0 Å². The standard InChI is InChI=1S/C19H22O2/c1-11(2)13-8-9-16-17(12(3)10-13)19(21)15-7-5-4-6-14(15)18(16)20/h4-9,11-13,16-17H,10H2,1-3H3. The maximum absolute atomic E-state index is 12.9. The predicted octanol–water partition coefficient (Wildman–Crippen LogP) is 4.17. The van der Waals surface area contributed by atoms with Crippen LogP contribution >= 0.6 is 0 Å². The van der Waals surface area contributed by atoms with E-state index in [0.29, 0.717) is 23.0 Å². The van der Waals surface area contributed by atoms with Crippen LogP contribution in [0.2, 0.25) is 0 Å². The molecule has 1 aromatic rings. The van der Waals surface area contributed by atoms with Crippen molar-refractivity contribution in [3.05, 3.63) is 47.5 Å². The number of rotatable bonds is 1. The number of benzene rings is 1. The summed E-state index contributed by atoms with van der Waals surface area (Å²) in [5, 5.41) is 0. The monoisotopic (exact) mass is 282 g/mol. The van der Waals surface area contributed by atoms with E-state index in [1.54, 1.807) is 12.1 Å². The van der Waals surface area contributed by atoms with Crippen molar-refractivity contribution in [3.8, 4) is 0 Å². The van der Waals surface area contributed by atoms with Gasteiger partial charge in [0.25, 0.3) is 0 Å². The smallest absolute Gasteiger partial charge is 0.171 e. The van der Waals surface area contributed by atoms with Crippen LogP contribution in [0.25, 0.3) is 0 Å². The summed E-state index contributed by atoms with van der Waals surface area (Å²) in [6, 6.07) is 7.27. The van der Waals surface area contributed by atoms with Crippen LogP contribution < -0.4 is 0 Å². The molecule has 4 atom stereocenters. The van der Waals surface area contributed by atoms with E-state index in [1.165, 1.54) is 0 Å². The molecule has 0 aromatic heterocycles. The van der Waals surface area contributed by atoms with Gasteiger partial charge in [-0.25, -0.2) is 0 Å². The van der Waals surface area contributed by atoms with E-state index in [2.05, 4.69) is 26.8 Å². The number of fused-ring (bicyclic) bond motifs is 2. The second kappa shape index (κ2) is 5.25. The van der Waals surface area contributed by atoms with Crippen molar-refractivity contribution in [3.63, 3.8) is 0 Å². The summed E-state index contributed by atoms with van der Waals surface area (Å²) in [6.07, 6.45) is 5.16. The molecule has 2 heteroatoms. The molecule has 0 spiro atoms. The quantitative estimate of drug-likeness (QED) is 0.725. The van der Waals surface area contributed by atoms with Gasteiger partial charge < -0.3 is 0 Å². The predicted molar refractivity (Wildman–Crippen MR) is 83.3 cm³/mol. The van der Waals surface area contributed by atoms with Crippen LogP contribution in [0, 0.1) is 29.6 Å². The van der Waals surface area contributed by atoms with Crippen molar-refractivity contribution in [2.45, 2.75) is 27.2 Å². The topological polar surface area (TPSA) is 34.1 Å². The Morgan fingerprint density at radius 3 is 2.24 bits per heavy atom. The number of hydrogen-bond acceptors (Lipinski definition) is 2. The lowest BCUT2D eigenvalue weighted by molar-refractivity contribution is 0.0710. The van der Waals surface area contributed by atoms with E-state index in [4.69, 9.17) is 0 Å². The lowest BCUT2D eigenvalue weighted by Gasteiger charge is -2.32. The molecule has 0 aliphatic heterocycles. The van der Waals surface area contributed by atoms with E-state index in [0.717, 1.165) is 6.42 Å². The summed E-state index contributed by atoms with van der Waals surface area (Å²) in [5.74, 6) is 1.03. The van der Waals surface area contributed by atoms with Crippen LogP contribution in [-0.2, 0) is 0 Å². The Kier molecular flexibility index (Phi) is 3.56. The Labute approximate surface area is 126 Å². The molecule has 0 saturated carbocycles. The van der Waals surface area contributed by atoms with Crippen LogP contribution in [0.5, 0.6) is 0 Å². The molecule has 2 nitrogen and oxygen atoms in total. The number of hydrogen-bond donors (Lipinski definition) is 0. The molecule has 2 aliphatic rings. The minimum Gasteiger partial charge on any atom is -0.294 e. The maximum Gasteiger partial charge on any atom is 0.171 e. The highest BCUT2D eigenvalue weighted by atomic mass is 16.1. The van der Waals surface area contributed by atoms with Crippen molar-refractivity contribution in [1.29, 1.82) is 0 Å². The van der Waals surface area contributed by atoms with Crippen LogP contribution in [0.15, 0.2) is 36.4 Å². The van der Waals surface area contributed by atoms with Gasteiger partial charge >= 0.3 is 0 Å². The van der Waals surface area contributed by atoms with Gasteiger partial charge in [-0.2, -0.15) is 0 Å². The second-order valence-electron chi connectivity index (χ2n) is 6.83. The molecule has 0 radical (unpaired) electrons. The van der Waals surface area contributed by atoms with Crippen molar-refractivity contribution in [1.82, 2.24) is 0 Å². The first-order chi connectivity index (χ1) is 10.0. The van der Waals surface area contributed by atoms with Crippen molar-refractivity contribution >= 4 is 11.6 Å². The van der Waals surface area contributed by atoms with Gasteiger partial charge in [0.1, 0.15) is 0 Å².